The molecule has 0 fully saturated rings. The van der Waals surface area contributed by atoms with Crippen LogP contribution in [0.25, 0.3) is 77.3 Å². The summed E-state index contributed by atoms with van der Waals surface area (Å²) in [7, 11) is 0. The fourth-order valence-electron chi connectivity index (χ4n) is 9.06. The van der Waals surface area contributed by atoms with E-state index in [1.54, 1.807) is 0 Å². The maximum atomic E-state index is 6.62. The van der Waals surface area contributed by atoms with E-state index in [1.165, 1.54) is 33.4 Å². The van der Waals surface area contributed by atoms with Crippen LogP contribution in [0.4, 0.5) is 0 Å². The van der Waals surface area contributed by atoms with Gasteiger partial charge in [-0.2, -0.15) is 0 Å². The first kappa shape index (κ1) is 39.5. The molecule has 60 heavy (non-hydrogen) atoms. The molecule has 0 radical (unpaired) electrons. The zero-order valence-corrected chi connectivity index (χ0v) is 37.4. The van der Waals surface area contributed by atoms with Crippen molar-refractivity contribution < 1.29 is 25.8 Å². The minimum absolute atomic E-state index is 0. The monoisotopic (exact) mass is 965 g/mol. The Morgan fingerprint density at radius 2 is 1.10 bits per heavy atom. The summed E-state index contributed by atoms with van der Waals surface area (Å²) < 4.78 is 11.0. The number of benzene rings is 4. The molecule has 10 rings (SSSR count). The largest absolute Gasteiger partial charge is 2.00 e. The second kappa shape index (κ2) is 15.3. The van der Waals surface area contributed by atoms with Crippen molar-refractivity contribution >= 4 is 54.8 Å². The Morgan fingerprint density at radius 3 is 1.72 bits per heavy atom. The van der Waals surface area contributed by atoms with Gasteiger partial charge in [-0.05, 0) is 68.8 Å². The number of nitrogens with zero attached hydrogens (tertiary/aromatic N) is 6. The molecule has 10 aromatic rings. The van der Waals surface area contributed by atoms with Crippen molar-refractivity contribution in [2.24, 2.45) is 0 Å². The van der Waals surface area contributed by atoms with Crippen molar-refractivity contribution in [1.82, 2.24) is 28.7 Å². The van der Waals surface area contributed by atoms with Crippen molar-refractivity contribution in [2.75, 3.05) is 0 Å². The molecule has 300 valence electrons. The van der Waals surface area contributed by atoms with E-state index in [0.717, 1.165) is 66.2 Å². The SMILES string of the molecule is CC(C)c1cccc(C(C)C)c1-c1ccc2c3ccc(Oc4[c-]c5c(cc4)c4cnccc4n4ccnc54)[c-]c3c3ncc(-c4c(C(C)C)cccc4C(C)C)n3c2n1.[Pt+2]. The van der Waals surface area contributed by atoms with Gasteiger partial charge in [0.1, 0.15) is 5.65 Å². The van der Waals surface area contributed by atoms with Crippen molar-refractivity contribution in [3.63, 3.8) is 0 Å². The Hall–Kier alpha value is -5.91. The number of pyridine rings is 4. The van der Waals surface area contributed by atoms with Crippen LogP contribution < -0.4 is 4.74 Å². The summed E-state index contributed by atoms with van der Waals surface area (Å²) in [5, 5.41) is 5.82. The van der Waals surface area contributed by atoms with Crippen LogP contribution in [0.2, 0.25) is 0 Å². The summed E-state index contributed by atoms with van der Waals surface area (Å²) >= 11 is 0. The van der Waals surface area contributed by atoms with Crippen LogP contribution in [0.3, 0.4) is 0 Å². The average molecular weight is 966 g/mol. The molecule has 0 N–H and O–H groups in total. The van der Waals surface area contributed by atoms with E-state index in [0.29, 0.717) is 35.2 Å². The van der Waals surface area contributed by atoms with Gasteiger partial charge < -0.3 is 13.5 Å². The van der Waals surface area contributed by atoms with Gasteiger partial charge in [0.2, 0.25) is 0 Å². The molecular weight excluding hydrogens is 920 g/mol. The van der Waals surface area contributed by atoms with Crippen LogP contribution in [0.15, 0.2) is 110 Å². The maximum absolute atomic E-state index is 6.62. The number of aromatic nitrogens is 6. The molecule has 0 aliphatic carbocycles. The first-order valence-electron chi connectivity index (χ1n) is 20.7. The molecule has 0 saturated carbocycles. The second-order valence-electron chi connectivity index (χ2n) is 17.0. The first-order chi connectivity index (χ1) is 28.6. The molecule has 0 aliphatic heterocycles. The first-order valence-corrected chi connectivity index (χ1v) is 20.7. The number of fused-ring (bicyclic) bond motifs is 12. The van der Waals surface area contributed by atoms with E-state index in [2.05, 4.69) is 142 Å². The molecule has 0 atom stereocenters. The molecule has 0 amide bonds. The van der Waals surface area contributed by atoms with Gasteiger partial charge >= 0.3 is 21.1 Å². The van der Waals surface area contributed by atoms with Gasteiger partial charge in [-0.25, -0.2) is 4.98 Å². The molecule has 0 unspecified atom stereocenters. The van der Waals surface area contributed by atoms with Crippen LogP contribution >= 0.6 is 0 Å². The van der Waals surface area contributed by atoms with Gasteiger partial charge in [0.25, 0.3) is 0 Å². The minimum atomic E-state index is 0. The molecular formula is C52H46N6OPt. The topological polar surface area (TPSA) is 69.6 Å². The normalized spacial score (nSPS) is 12.1. The molecule has 0 saturated heterocycles. The Bertz CT molecular complexity index is 3230. The smallest absolute Gasteiger partial charge is 0.497 e. The molecule has 4 aromatic carbocycles. The Morgan fingerprint density at radius 1 is 0.533 bits per heavy atom. The Kier molecular flexibility index (Phi) is 10.1. The zero-order valence-electron chi connectivity index (χ0n) is 35.1. The number of ether oxygens (including phenoxy) is 1. The second-order valence-corrected chi connectivity index (χ2v) is 17.0. The number of hydrogen-bond acceptors (Lipinski definition) is 5. The summed E-state index contributed by atoms with van der Waals surface area (Å²) in [5.41, 5.74) is 13.1. The van der Waals surface area contributed by atoms with E-state index in [4.69, 9.17) is 19.7 Å². The van der Waals surface area contributed by atoms with Gasteiger partial charge in [-0.15, -0.1) is 12.1 Å². The number of rotatable bonds is 8. The van der Waals surface area contributed by atoms with Crippen LogP contribution in [0, 0.1) is 12.1 Å². The molecule has 7 nitrogen and oxygen atoms in total. The summed E-state index contributed by atoms with van der Waals surface area (Å²) in [6, 6.07) is 35.2. The van der Waals surface area contributed by atoms with Crippen molar-refractivity contribution in [2.45, 2.75) is 79.1 Å². The van der Waals surface area contributed by atoms with Gasteiger partial charge in [0.05, 0.1) is 22.7 Å². The van der Waals surface area contributed by atoms with Crippen molar-refractivity contribution in [1.29, 1.82) is 0 Å². The third-order valence-corrected chi connectivity index (χ3v) is 11.9. The summed E-state index contributed by atoms with van der Waals surface area (Å²) in [5.74, 6) is 2.43. The van der Waals surface area contributed by atoms with E-state index >= 15 is 0 Å². The van der Waals surface area contributed by atoms with Crippen LogP contribution in [0.5, 0.6) is 11.5 Å². The number of imidazole rings is 2. The number of hydrogen-bond donors (Lipinski definition) is 0. The summed E-state index contributed by atoms with van der Waals surface area (Å²) in [6.45, 7) is 18.1. The van der Waals surface area contributed by atoms with E-state index in [-0.39, 0.29) is 21.1 Å². The molecule has 0 aliphatic rings. The van der Waals surface area contributed by atoms with Gasteiger partial charge in [-0.3, -0.25) is 15.0 Å². The van der Waals surface area contributed by atoms with E-state index < -0.39 is 0 Å². The minimum Gasteiger partial charge on any atom is -0.497 e. The molecule has 8 heteroatoms. The quantitative estimate of drug-likeness (QED) is 0.112. The van der Waals surface area contributed by atoms with Crippen LogP contribution in [0.1, 0.15) is 101 Å². The van der Waals surface area contributed by atoms with Crippen molar-refractivity contribution in [3.05, 3.63) is 144 Å². The predicted octanol–water partition coefficient (Wildman–Crippen LogP) is 13.6. The fourth-order valence-corrected chi connectivity index (χ4v) is 9.06. The van der Waals surface area contributed by atoms with E-state index in [9.17, 15) is 0 Å². The average Bonchev–Trinajstić information content (AvgIpc) is 3.92. The zero-order chi connectivity index (χ0) is 40.7. The van der Waals surface area contributed by atoms with Gasteiger partial charge in [0.15, 0.2) is 0 Å². The predicted molar refractivity (Wildman–Crippen MR) is 241 cm³/mol. The van der Waals surface area contributed by atoms with Gasteiger partial charge in [0, 0.05) is 59.1 Å². The Labute approximate surface area is 364 Å². The molecule has 6 aromatic heterocycles. The molecule has 0 bridgehead atoms. The van der Waals surface area contributed by atoms with E-state index in [1.807, 2.05) is 49.2 Å². The maximum Gasteiger partial charge on any atom is 2.00 e. The molecule has 0 spiro atoms. The fraction of sp³-hybridized carbons (Fsp3) is 0.231. The van der Waals surface area contributed by atoms with Crippen LogP contribution in [-0.4, -0.2) is 28.7 Å². The molecule has 6 heterocycles. The Balaban J connectivity index is 0.00000462. The third-order valence-electron chi connectivity index (χ3n) is 11.9. The standard InChI is InChI=1S/C52H46N6O.Pt/c1-29(2)35-11-9-12-36(30(3)4)48(35)45-20-19-41-39-17-15-34(59-33-16-18-40-42(25-33)50-54-23-24-57(50)46-21-22-53-27-44(40)46)26-43(39)51-55-28-47(58(51)52(41)56-45)49-37(31(5)6)13-10-14-38(49)32(7)8;/h9-24,27-32H,1-8H3;/q-2;+2. The third kappa shape index (κ3) is 6.28. The van der Waals surface area contributed by atoms with Crippen molar-refractivity contribution in [3.8, 4) is 34.0 Å². The summed E-state index contributed by atoms with van der Waals surface area (Å²) in [4.78, 5) is 20.0. The van der Waals surface area contributed by atoms with Crippen LogP contribution in [-0.2, 0) is 21.1 Å². The summed E-state index contributed by atoms with van der Waals surface area (Å²) in [6.07, 6.45) is 9.52. The van der Waals surface area contributed by atoms with Gasteiger partial charge in [-0.1, -0.05) is 144 Å².